The lowest BCUT2D eigenvalue weighted by atomic mass is 10.1. The zero-order valence-corrected chi connectivity index (χ0v) is 22.4. The molecule has 2 aliphatic heterocycles. The summed E-state index contributed by atoms with van der Waals surface area (Å²) in [7, 11) is 1.60. The second-order valence-corrected chi connectivity index (χ2v) is 10.9. The highest BCUT2D eigenvalue weighted by Crippen LogP contribution is 2.39. The number of carbonyl (C=O) groups is 1. The normalized spacial score (nSPS) is 19.1. The molecule has 2 aromatic heterocycles. The maximum atomic E-state index is 12.7. The summed E-state index contributed by atoms with van der Waals surface area (Å²) in [6.07, 6.45) is 1.48. The van der Waals surface area contributed by atoms with Crippen LogP contribution in [0.1, 0.15) is 33.6 Å². The number of nitrogens with zero attached hydrogens (tertiary/aromatic N) is 5. The largest absolute Gasteiger partial charge is 0.480 e. The summed E-state index contributed by atoms with van der Waals surface area (Å²) in [5.74, 6) is 1.69. The van der Waals surface area contributed by atoms with Gasteiger partial charge >= 0.3 is 6.09 Å². The highest BCUT2D eigenvalue weighted by atomic mass is 79.9. The Hall–Kier alpha value is -2.18. The Labute approximate surface area is 212 Å². The molecule has 2 aromatic rings. The zero-order valence-electron chi connectivity index (χ0n) is 20.0. The van der Waals surface area contributed by atoms with Gasteiger partial charge < -0.3 is 29.3 Å². The topological polar surface area (TPSA) is 102 Å². The van der Waals surface area contributed by atoms with E-state index in [0.29, 0.717) is 62.6 Å². The molecular formula is C22H31BrN6O4S. The molecule has 1 atom stereocenters. The van der Waals surface area contributed by atoms with Crippen LogP contribution in [0.25, 0.3) is 10.6 Å². The summed E-state index contributed by atoms with van der Waals surface area (Å²) in [6, 6.07) is 0.000525. The van der Waals surface area contributed by atoms with Crippen LogP contribution < -0.4 is 15.0 Å². The number of ether oxygens (including phenoxy) is 3. The number of aromatic nitrogens is 3. The fraction of sp³-hybridized carbons (Fsp3) is 0.636. The van der Waals surface area contributed by atoms with Gasteiger partial charge in [0.05, 0.1) is 20.3 Å². The van der Waals surface area contributed by atoms with Gasteiger partial charge in [-0.25, -0.2) is 9.78 Å². The van der Waals surface area contributed by atoms with E-state index in [9.17, 15) is 4.79 Å². The summed E-state index contributed by atoms with van der Waals surface area (Å²) in [4.78, 5) is 30.7. The molecule has 2 aliphatic rings. The molecule has 34 heavy (non-hydrogen) atoms. The van der Waals surface area contributed by atoms with Crippen molar-refractivity contribution in [2.24, 2.45) is 0 Å². The Morgan fingerprint density at radius 2 is 2.00 bits per heavy atom. The summed E-state index contributed by atoms with van der Waals surface area (Å²) in [6.45, 7) is 9.50. The molecule has 0 aliphatic carbocycles. The number of rotatable bonds is 5. The molecule has 0 spiro atoms. The third-order valence-electron chi connectivity index (χ3n) is 5.46. The third-order valence-corrected chi connectivity index (χ3v) is 7.02. The number of anilines is 2. The molecule has 4 rings (SSSR count). The first-order valence-corrected chi connectivity index (χ1v) is 13.1. The Morgan fingerprint density at radius 3 is 2.65 bits per heavy atom. The number of morpholine rings is 1. The van der Waals surface area contributed by atoms with E-state index in [4.69, 9.17) is 24.2 Å². The molecular weight excluding hydrogens is 524 g/mol. The number of hydrogen-bond acceptors (Lipinski definition) is 10. The second-order valence-electron chi connectivity index (χ2n) is 9.24. The van der Waals surface area contributed by atoms with Crippen LogP contribution in [0.15, 0.2) is 9.98 Å². The molecule has 186 valence electrons. The van der Waals surface area contributed by atoms with Crippen molar-refractivity contribution in [1.82, 2.24) is 19.9 Å². The fourth-order valence-corrected chi connectivity index (χ4v) is 5.22. The van der Waals surface area contributed by atoms with Gasteiger partial charge in [-0.05, 0) is 49.5 Å². The zero-order chi connectivity index (χ0) is 24.3. The Kier molecular flexibility index (Phi) is 7.78. The summed E-state index contributed by atoms with van der Waals surface area (Å²) >= 11 is 4.93. The number of hydrogen-bond donors (Lipinski definition) is 1. The van der Waals surface area contributed by atoms with E-state index in [1.807, 2.05) is 26.2 Å². The van der Waals surface area contributed by atoms with E-state index in [2.05, 4.69) is 31.1 Å². The summed E-state index contributed by atoms with van der Waals surface area (Å²) in [5, 5.41) is 6.24. The van der Waals surface area contributed by atoms with Crippen molar-refractivity contribution in [3.8, 4) is 16.5 Å². The van der Waals surface area contributed by atoms with Gasteiger partial charge in [-0.3, -0.25) is 0 Å². The van der Waals surface area contributed by atoms with Gasteiger partial charge in [0.25, 0.3) is 0 Å². The van der Waals surface area contributed by atoms with Crippen molar-refractivity contribution in [1.29, 1.82) is 0 Å². The first kappa shape index (κ1) is 24.9. The van der Waals surface area contributed by atoms with Crippen molar-refractivity contribution in [2.45, 2.75) is 45.3 Å². The molecule has 0 aromatic carbocycles. The highest BCUT2D eigenvalue weighted by molar-refractivity contribution is 9.10. The Balaban J connectivity index is 1.64. The average molecular weight is 555 g/mol. The van der Waals surface area contributed by atoms with Crippen LogP contribution in [0.4, 0.5) is 16.6 Å². The van der Waals surface area contributed by atoms with E-state index in [-0.39, 0.29) is 12.1 Å². The maximum Gasteiger partial charge on any atom is 0.410 e. The number of thiazole rings is 1. The first-order valence-electron chi connectivity index (χ1n) is 11.4. The molecule has 0 bridgehead atoms. The molecule has 1 amide bonds. The molecule has 0 radical (unpaired) electrons. The van der Waals surface area contributed by atoms with Gasteiger partial charge in [-0.15, -0.1) is 11.3 Å². The summed E-state index contributed by atoms with van der Waals surface area (Å²) in [5.41, 5.74) is 0.181. The summed E-state index contributed by atoms with van der Waals surface area (Å²) < 4.78 is 17.5. The Morgan fingerprint density at radius 1 is 1.24 bits per heavy atom. The standard InChI is InChI=1S/C22H31BrN6O4S/c1-22(2,3)33-21(30)29-7-5-6-14(12-29)24-17-16(19-25-15(23)13-34-19)18(31-4)27-20(26-17)28-8-10-32-11-9-28/h13-14H,5-12H2,1-4H3,(H,24,26,27)/t14-/m1/s1. The van der Waals surface area contributed by atoms with Crippen molar-refractivity contribution in [3.05, 3.63) is 9.98 Å². The minimum Gasteiger partial charge on any atom is -0.480 e. The monoisotopic (exact) mass is 554 g/mol. The van der Waals surface area contributed by atoms with Crippen LogP contribution in [0.5, 0.6) is 5.88 Å². The van der Waals surface area contributed by atoms with Crippen LogP contribution >= 0.6 is 27.3 Å². The lowest BCUT2D eigenvalue weighted by molar-refractivity contribution is 0.0206. The van der Waals surface area contributed by atoms with Gasteiger partial charge in [0.1, 0.15) is 26.6 Å². The lowest BCUT2D eigenvalue weighted by Crippen LogP contribution is -2.47. The number of halogens is 1. The molecule has 12 heteroatoms. The molecule has 4 heterocycles. The highest BCUT2D eigenvalue weighted by Gasteiger charge is 2.30. The molecule has 2 saturated heterocycles. The van der Waals surface area contributed by atoms with Crippen molar-refractivity contribution in [3.63, 3.8) is 0 Å². The molecule has 0 saturated carbocycles. The lowest BCUT2D eigenvalue weighted by Gasteiger charge is -2.35. The number of carbonyl (C=O) groups excluding carboxylic acids is 1. The van der Waals surface area contributed by atoms with Gasteiger partial charge in [0.15, 0.2) is 0 Å². The maximum absolute atomic E-state index is 12.7. The second kappa shape index (κ2) is 10.6. The van der Waals surface area contributed by atoms with Crippen LogP contribution in [-0.4, -0.2) is 84.1 Å². The van der Waals surface area contributed by atoms with Crippen LogP contribution in [0, 0.1) is 0 Å². The minimum atomic E-state index is -0.532. The molecule has 10 nitrogen and oxygen atoms in total. The number of amides is 1. The number of nitrogens with one attached hydrogen (secondary N) is 1. The van der Waals surface area contributed by atoms with Gasteiger partial charge in [0, 0.05) is 37.6 Å². The predicted molar refractivity (Wildman–Crippen MR) is 135 cm³/mol. The third kappa shape index (κ3) is 6.08. The minimum absolute atomic E-state index is 0.000525. The van der Waals surface area contributed by atoms with Crippen LogP contribution in [0.2, 0.25) is 0 Å². The van der Waals surface area contributed by atoms with Gasteiger partial charge in [0.2, 0.25) is 11.8 Å². The number of likely N-dealkylation sites (tertiary alicyclic amines) is 1. The van der Waals surface area contributed by atoms with E-state index in [0.717, 1.165) is 22.5 Å². The SMILES string of the molecule is COc1nc(N2CCOCC2)nc(N[C@@H]2CCCN(C(=O)OC(C)(C)C)C2)c1-c1nc(Br)cs1. The van der Waals surface area contributed by atoms with E-state index in [1.54, 1.807) is 12.0 Å². The van der Waals surface area contributed by atoms with Crippen molar-refractivity contribution in [2.75, 3.05) is 56.7 Å². The number of methoxy groups -OCH3 is 1. The molecule has 0 unspecified atom stereocenters. The quantitative estimate of drug-likeness (QED) is 0.586. The number of piperidine rings is 1. The molecule has 2 fully saturated rings. The van der Waals surface area contributed by atoms with Crippen molar-refractivity contribution >= 4 is 45.1 Å². The molecule has 1 N–H and O–H groups in total. The Bertz CT molecular complexity index is 1010. The fourth-order valence-electron chi connectivity index (χ4n) is 3.93. The first-order chi connectivity index (χ1) is 16.2. The van der Waals surface area contributed by atoms with E-state index < -0.39 is 5.60 Å². The average Bonchev–Trinajstić information content (AvgIpc) is 3.24. The van der Waals surface area contributed by atoms with Gasteiger partial charge in [-0.2, -0.15) is 9.97 Å². The van der Waals surface area contributed by atoms with Crippen LogP contribution in [-0.2, 0) is 9.47 Å². The van der Waals surface area contributed by atoms with E-state index in [1.165, 1.54) is 11.3 Å². The van der Waals surface area contributed by atoms with Gasteiger partial charge in [-0.1, -0.05) is 0 Å². The van der Waals surface area contributed by atoms with Crippen molar-refractivity contribution < 1.29 is 19.0 Å². The predicted octanol–water partition coefficient (Wildman–Crippen LogP) is 4.02. The van der Waals surface area contributed by atoms with Crippen LogP contribution in [0.3, 0.4) is 0 Å². The van der Waals surface area contributed by atoms with E-state index >= 15 is 0 Å². The smallest absolute Gasteiger partial charge is 0.410 e.